The van der Waals surface area contributed by atoms with Crippen molar-refractivity contribution in [2.75, 3.05) is 13.7 Å². The van der Waals surface area contributed by atoms with Gasteiger partial charge in [-0.15, -0.1) is 0 Å². The summed E-state index contributed by atoms with van der Waals surface area (Å²) in [5.41, 5.74) is 7.04. The second-order valence-electron chi connectivity index (χ2n) is 6.51. The maximum absolute atomic E-state index is 12.0. The molecule has 1 aliphatic carbocycles. The first kappa shape index (κ1) is 16.8. The minimum atomic E-state index is 0.0541. The Balaban J connectivity index is 2.03. The first-order chi connectivity index (χ1) is 10.6. The molecule has 1 aromatic rings. The molecule has 2 rings (SSSR count). The minimum Gasteiger partial charge on any atom is -0.497 e. The van der Waals surface area contributed by atoms with Gasteiger partial charge in [0, 0.05) is 24.4 Å². The topological polar surface area (TPSA) is 64.3 Å². The number of hydrogen-bond acceptors (Lipinski definition) is 3. The molecule has 1 atom stereocenters. The van der Waals surface area contributed by atoms with Crippen molar-refractivity contribution >= 4 is 5.91 Å². The average Bonchev–Trinajstić information content (AvgIpc) is 3.01. The van der Waals surface area contributed by atoms with E-state index in [1.54, 1.807) is 7.11 Å². The van der Waals surface area contributed by atoms with Crippen LogP contribution in [0.1, 0.15) is 51.0 Å². The molecule has 1 saturated carbocycles. The summed E-state index contributed by atoms with van der Waals surface area (Å²) in [7, 11) is 1.69. The van der Waals surface area contributed by atoms with Crippen LogP contribution in [0.3, 0.4) is 0 Å². The zero-order valence-corrected chi connectivity index (χ0v) is 13.7. The van der Waals surface area contributed by atoms with E-state index in [0.29, 0.717) is 13.0 Å². The molecule has 1 aromatic carbocycles. The highest BCUT2D eigenvalue weighted by Crippen LogP contribution is 2.41. The highest BCUT2D eigenvalue weighted by molar-refractivity contribution is 5.76. The van der Waals surface area contributed by atoms with Crippen molar-refractivity contribution in [3.05, 3.63) is 29.8 Å². The third-order valence-electron chi connectivity index (χ3n) is 4.69. The van der Waals surface area contributed by atoms with Gasteiger partial charge in [0.1, 0.15) is 5.75 Å². The van der Waals surface area contributed by atoms with E-state index in [1.165, 1.54) is 18.4 Å². The van der Waals surface area contributed by atoms with E-state index < -0.39 is 0 Å². The molecule has 1 aliphatic rings. The molecule has 0 spiro atoms. The van der Waals surface area contributed by atoms with Crippen molar-refractivity contribution in [1.29, 1.82) is 0 Å². The van der Waals surface area contributed by atoms with Crippen molar-refractivity contribution in [2.24, 2.45) is 5.73 Å². The summed E-state index contributed by atoms with van der Waals surface area (Å²) in [6.07, 6.45) is 5.91. The van der Waals surface area contributed by atoms with Crippen molar-refractivity contribution in [3.63, 3.8) is 0 Å². The predicted octanol–water partition coefficient (Wildman–Crippen LogP) is 2.75. The summed E-state index contributed by atoms with van der Waals surface area (Å²) in [6, 6.07) is 8.34. The molecule has 1 unspecified atom stereocenters. The first-order valence-corrected chi connectivity index (χ1v) is 8.22. The van der Waals surface area contributed by atoms with Crippen molar-refractivity contribution in [1.82, 2.24) is 5.32 Å². The third kappa shape index (κ3) is 4.23. The molecular weight excluding hydrogens is 276 g/mol. The van der Waals surface area contributed by atoms with Crippen molar-refractivity contribution < 1.29 is 9.53 Å². The van der Waals surface area contributed by atoms with Crippen LogP contribution in [0.15, 0.2) is 24.3 Å². The van der Waals surface area contributed by atoms with Crippen LogP contribution in [0.25, 0.3) is 0 Å². The van der Waals surface area contributed by atoms with E-state index in [-0.39, 0.29) is 17.4 Å². The molecule has 0 saturated heterocycles. The summed E-state index contributed by atoms with van der Waals surface area (Å²) in [4.78, 5) is 12.0. The Morgan fingerprint density at radius 1 is 1.41 bits per heavy atom. The van der Waals surface area contributed by atoms with Crippen LogP contribution in [0.4, 0.5) is 0 Å². The van der Waals surface area contributed by atoms with Crippen LogP contribution in [-0.2, 0) is 10.2 Å². The first-order valence-electron chi connectivity index (χ1n) is 8.22. The molecule has 0 aromatic heterocycles. The fourth-order valence-corrected chi connectivity index (χ4v) is 3.29. The van der Waals surface area contributed by atoms with Gasteiger partial charge in [0.05, 0.1) is 7.11 Å². The van der Waals surface area contributed by atoms with Crippen LogP contribution in [0.2, 0.25) is 0 Å². The average molecular weight is 304 g/mol. The van der Waals surface area contributed by atoms with Crippen molar-refractivity contribution in [3.8, 4) is 5.75 Å². The molecule has 0 heterocycles. The van der Waals surface area contributed by atoms with E-state index in [1.807, 2.05) is 19.1 Å². The number of ether oxygens (including phenoxy) is 1. The Kier molecular flexibility index (Phi) is 5.83. The summed E-state index contributed by atoms with van der Waals surface area (Å²) < 4.78 is 5.35. The van der Waals surface area contributed by atoms with Crippen molar-refractivity contribution in [2.45, 2.75) is 56.9 Å². The zero-order valence-electron chi connectivity index (χ0n) is 13.7. The maximum atomic E-state index is 12.0. The van der Waals surface area contributed by atoms with Gasteiger partial charge in [0.2, 0.25) is 5.91 Å². The quantitative estimate of drug-likeness (QED) is 0.814. The molecule has 0 bridgehead atoms. The Labute approximate surface area is 133 Å². The fourth-order valence-electron chi connectivity index (χ4n) is 3.29. The summed E-state index contributed by atoms with van der Waals surface area (Å²) in [5, 5.41) is 3.12. The van der Waals surface area contributed by atoms with E-state index in [2.05, 4.69) is 17.4 Å². The number of carbonyl (C=O) groups is 1. The lowest BCUT2D eigenvalue weighted by Gasteiger charge is -2.30. The Morgan fingerprint density at radius 2 is 2.14 bits per heavy atom. The number of rotatable bonds is 7. The molecule has 3 N–H and O–H groups in total. The zero-order chi connectivity index (χ0) is 16.0. The van der Waals surface area contributed by atoms with Gasteiger partial charge in [-0.25, -0.2) is 0 Å². The van der Waals surface area contributed by atoms with Gasteiger partial charge in [-0.05, 0) is 43.9 Å². The van der Waals surface area contributed by atoms with Gasteiger partial charge in [0.25, 0.3) is 0 Å². The lowest BCUT2D eigenvalue weighted by atomic mass is 9.78. The molecule has 4 nitrogen and oxygen atoms in total. The number of nitrogens with two attached hydrogens (primary N) is 1. The van der Waals surface area contributed by atoms with Crippen LogP contribution >= 0.6 is 0 Å². The molecule has 22 heavy (non-hydrogen) atoms. The minimum absolute atomic E-state index is 0.0541. The van der Waals surface area contributed by atoms with E-state index in [0.717, 1.165) is 25.0 Å². The smallest absolute Gasteiger partial charge is 0.220 e. The third-order valence-corrected chi connectivity index (χ3v) is 4.69. The van der Waals surface area contributed by atoms with Gasteiger partial charge in [0.15, 0.2) is 0 Å². The Morgan fingerprint density at radius 3 is 2.77 bits per heavy atom. The summed E-state index contributed by atoms with van der Waals surface area (Å²) in [6.45, 7) is 2.64. The number of hydrogen-bond donors (Lipinski definition) is 2. The second-order valence-corrected chi connectivity index (χ2v) is 6.51. The van der Waals surface area contributed by atoms with Gasteiger partial charge in [-0.2, -0.15) is 0 Å². The van der Waals surface area contributed by atoms with E-state index in [9.17, 15) is 4.79 Å². The Hall–Kier alpha value is -1.55. The predicted molar refractivity (Wildman–Crippen MR) is 89.0 cm³/mol. The number of carbonyl (C=O) groups excluding carboxylic acids is 1. The second kappa shape index (κ2) is 7.63. The molecule has 4 heteroatoms. The number of methoxy groups -OCH3 is 1. The molecule has 1 amide bonds. The number of amides is 1. The number of benzene rings is 1. The highest BCUT2D eigenvalue weighted by Gasteiger charge is 2.36. The Bertz CT molecular complexity index is 494. The summed E-state index contributed by atoms with van der Waals surface area (Å²) >= 11 is 0. The van der Waals surface area contributed by atoms with Crippen LogP contribution < -0.4 is 15.8 Å². The van der Waals surface area contributed by atoms with E-state index in [4.69, 9.17) is 10.5 Å². The van der Waals surface area contributed by atoms with Crippen LogP contribution in [-0.4, -0.2) is 25.6 Å². The normalized spacial score (nSPS) is 18.0. The van der Waals surface area contributed by atoms with Gasteiger partial charge >= 0.3 is 0 Å². The maximum Gasteiger partial charge on any atom is 0.220 e. The van der Waals surface area contributed by atoms with E-state index >= 15 is 0 Å². The van der Waals surface area contributed by atoms with Crippen LogP contribution in [0.5, 0.6) is 5.75 Å². The number of nitrogens with one attached hydrogen (secondary N) is 1. The highest BCUT2D eigenvalue weighted by atomic mass is 16.5. The van der Waals surface area contributed by atoms with Gasteiger partial charge < -0.3 is 15.8 Å². The van der Waals surface area contributed by atoms with Crippen LogP contribution in [0, 0.1) is 0 Å². The molecule has 122 valence electrons. The fraction of sp³-hybridized carbons (Fsp3) is 0.611. The molecule has 0 radical (unpaired) electrons. The lowest BCUT2D eigenvalue weighted by molar-refractivity contribution is -0.121. The lowest BCUT2D eigenvalue weighted by Crippen LogP contribution is -2.39. The molecular formula is C18H28N2O2. The SMILES string of the molecule is COc1cccc(C2(CNC(=O)CCC(C)N)CCCC2)c1. The molecule has 1 fully saturated rings. The molecule has 0 aliphatic heterocycles. The van der Waals surface area contributed by atoms with Gasteiger partial charge in [-0.1, -0.05) is 25.0 Å². The monoisotopic (exact) mass is 304 g/mol. The largest absolute Gasteiger partial charge is 0.497 e. The van der Waals surface area contributed by atoms with Gasteiger partial charge in [-0.3, -0.25) is 4.79 Å². The summed E-state index contributed by atoms with van der Waals surface area (Å²) in [5.74, 6) is 0.985. The standard InChI is InChI=1S/C18H28N2O2/c1-14(19)8-9-17(21)20-13-18(10-3-4-11-18)15-6-5-7-16(12-15)22-2/h5-7,12,14H,3-4,8-11,13,19H2,1-2H3,(H,20,21).